The van der Waals surface area contributed by atoms with Crippen molar-refractivity contribution in [2.24, 2.45) is 0 Å². The van der Waals surface area contributed by atoms with Gasteiger partial charge in [0.1, 0.15) is 18.5 Å². The number of nitrogens with one attached hydrogen (secondary N) is 3. The summed E-state index contributed by atoms with van der Waals surface area (Å²) in [6, 6.07) is 25.5. The van der Waals surface area contributed by atoms with Crippen molar-refractivity contribution in [3.8, 4) is 5.75 Å². The molecule has 7 heteroatoms. The van der Waals surface area contributed by atoms with Crippen molar-refractivity contribution in [2.45, 2.75) is 12.5 Å². The number of ether oxygens (including phenoxy) is 1. The maximum Gasteiger partial charge on any atom is 0.175 e. The Morgan fingerprint density at radius 2 is 1.52 bits per heavy atom. The number of thiocarbonyl (C=S) groups is 1. The molecule has 0 saturated carbocycles. The van der Waals surface area contributed by atoms with Gasteiger partial charge in [-0.1, -0.05) is 46.3 Å². The largest absolute Gasteiger partial charge is 0.491 e. The van der Waals surface area contributed by atoms with Crippen molar-refractivity contribution in [3.63, 3.8) is 0 Å². The number of hydrogen-bond acceptors (Lipinski definition) is 4. The summed E-state index contributed by atoms with van der Waals surface area (Å²) in [5.74, 6) is 0.766. The van der Waals surface area contributed by atoms with Crippen LogP contribution in [0.3, 0.4) is 0 Å². The quantitative estimate of drug-likeness (QED) is 0.236. The van der Waals surface area contributed by atoms with Crippen LogP contribution in [0.15, 0.2) is 83.3 Å². The number of rotatable bonds is 10. The molecule has 0 aliphatic rings. The fraction of sp³-hybridized carbons (Fsp3) is 0.208. The molecule has 0 unspecified atom stereocenters. The third kappa shape index (κ3) is 8.67. The molecule has 31 heavy (non-hydrogen) atoms. The van der Waals surface area contributed by atoms with Crippen molar-refractivity contribution in [2.75, 3.05) is 30.3 Å². The molecule has 0 spiro atoms. The summed E-state index contributed by atoms with van der Waals surface area (Å²) >= 11 is 8.79. The smallest absolute Gasteiger partial charge is 0.175 e. The summed E-state index contributed by atoms with van der Waals surface area (Å²) in [5, 5.41) is 20.2. The zero-order valence-electron chi connectivity index (χ0n) is 17.1. The van der Waals surface area contributed by atoms with E-state index in [4.69, 9.17) is 17.0 Å². The van der Waals surface area contributed by atoms with E-state index >= 15 is 0 Å². The van der Waals surface area contributed by atoms with Gasteiger partial charge in [-0.15, -0.1) is 0 Å². The van der Waals surface area contributed by atoms with E-state index < -0.39 is 6.10 Å². The predicted octanol–water partition coefficient (Wildman–Crippen LogP) is 4.83. The summed E-state index contributed by atoms with van der Waals surface area (Å²) in [5.41, 5.74) is 3.07. The monoisotopic (exact) mass is 499 g/mol. The molecule has 0 aliphatic heterocycles. The second kappa shape index (κ2) is 12.4. The van der Waals surface area contributed by atoms with Crippen molar-refractivity contribution < 1.29 is 9.84 Å². The van der Waals surface area contributed by atoms with Gasteiger partial charge in [-0.3, -0.25) is 0 Å². The molecule has 3 aromatic carbocycles. The average Bonchev–Trinajstić information content (AvgIpc) is 2.78. The topological polar surface area (TPSA) is 65.5 Å². The Bertz CT molecular complexity index is 937. The minimum atomic E-state index is -0.550. The van der Waals surface area contributed by atoms with Gasteiger partial charge in [0.05, 0.1) is 0 Å². The normalized spacial score (nSPS) is 11.5. The number of hydrogen-bond donors (Lipinski definition) is 4. The molecule has 0 aliphatic carbocycles. The van der Waals surface area contributed by atoms with Gasteiger partial charge in [-0.2, -0.15) is 0 Å². The Morgan fingerprint density at radius 3 is 2.16 bits per heavy atom. The third-order valence-corrected chi connectivity index (χ3v) is 5.20. The van der Waals surface area contributed by atoms with Crippen LogP contribution in [-0.4, -0.2) is 36.0 Å². The van der Waals surface area contributed by atoms with Crippen molar-refractivity contribution in [1.82, 2.24) is 5.32 Å². The molecule has 0 radical (unpaired) electrons. The first-order chi connectivity index (χ1) is 15.1. The highest BCUT2D eigenvalue weighted by Gasteiger charge is 2.05. The Hall–Kier alpha value is -2.45. The highest BCUT2D eigenvalue weighted by atomic mass is 79.9. The maximum absolute atomic E-state index is 10.0. The van der Waals surface area contributed by atoms with Crippen molar-refractivity contribution in [3.05, 3.63) is 88.9 Å². The molecule has 1 atom stereocenters. The molecule has 3 rings (SSSR count). The molecule has 0 aromatic heterocycles. The molecule has 0 amide bonds. The second-order valence-electron chi connectivity index (χ2n) is 7.01. The Labute approximate surface area is 197 Å². The van der Waals surface area contributed by atoms with Crippen LogP contribution in [0.4, 0.5) is 11.4 Å². The molecular formula is C24H26BrN3O2S. The van der Waals surface area contributed by atoms with Gasteiger partial charge in [0.25, 0.3) is 0 Å². The molecule has 4 N–H and O–H groups in total. The van der Waals surface area contributed by atoms with Gasteiger partial charge in [-0.25, -0.2) is 0 Å². The molecule has 0 saturated heterocycles. The first kappa shape index (κ1) is 23.2. The van der Waals surface area contributed by atoms with Crippen molar-refractivity contribution >= 4 is 44.6 Å². The first-order valence-corrected chi connectivity index (χ1v) is 11.3. The maximum atomic E-state index is 10.0. The zero-order chi connectivity index (χ0) is 21.9. The number of anilines is 2. The van der Waals surface area contributed by atoms with Gasteiger partial charge in [0.15, 0.2) is 5.11 Å². The fourth-order valence-electron chi connectivity index (χ4n) is 2.85. The molecule has 162 valence electrons. The Morgan fingerprint density at radius 1 is 0.903 bits per heavy atom. The summed E-state index contributed by atoms with van der Waals surface area (Å²) < 4.78 is 6.58. The zero-order valence-corrected chi connectivity index (χ0v) is 19.5. The number of para-hydroxylation sites is 1. The van der Waals surface area contributed by atoms with E-state index in [-0.39, 0.29) is 6.61 Å². The van der Waals surface area contributed by atoms with E-state index in [2.05, 4.69) is 44.0 Å². The fourth-order valence-corrected chi connectivity index (χ4v) is 3.35. The third-order valence-electron chi connectivity index (χ3n) is 4.47. The number of halogens is 1. The summed E-state index contributed by atoms with van der Waals surface area (Å²) in [4.78, 5) is 0. The predicted molar refractivity (Wildman–Crippen MR) is 135 cm³/mol. The van der Waals surface area contributed by atoms with E-state index in [1.807, 2.05) is 66.7 Å². The molecule has 0 bridgehead atoms. The summed E-state index contributed by atoms with van der Waals surface area (Å²) in [6.07, 6.45) is 0.319. The van der Waals surface area contributed by atoms with Crippen molar-refractivity contribution in [1.29, 1.82) is 0 Å². The van der Waals surface area contributed by atoms with Gasteiger partial charge < -0.3 is 25.8 Å². The average molecular weight is 500 g/mol. The van der Waals surface area contributed by atoms with Crippen LogP contribution < -0.4 is 20.7 Å². The lowest BCUT2D eigenvalue weighted by atomic mass is 10.1. The highest BCUT2D eigenvalue weighted by Crippen LogP contribution is 2.15. The first-order valence-electron chi connectivity index (χ1n) is 10.1. The molecule has 3 aromatic rings. The van der Waals surface area contributed by atoms with Crippen LogP contribution >= 0.6 is 28.1 Å². The van der Waals surface area contributed by atoms with Crippen LogP contribution in [0.2, 0.25) is 0 Å². The Kier molecular flexibility index (Phi) is 9.30. The van der Waals surface area contributed by atoms with Crippen LogP contribution in [0.5, 0.6) is 5.75 Å². The molecule has 0 heterocycles. The molecular weight excluding hydrogens is 474 g/mol. The lowest BCUT2D eigenvalue weighted by Gasteiger charge is -2.13. The van der Waals surface area contributed by atoms with Gasteiger partial charge >= 0.3 is 0 Å². The molecule has 5 nitrogen and oxygen atoms in total. The van der Waals surface area contributed by atoms with E-state index in [0.717, 1.165) is 34.6 Å². The highest BCUT2D eigenvalue weighted by molar-refractivity contribution is 9.10. The van der Waals surface area contributed by atoms with E-state index in [1.165, 1.54) is 5.56 Å². The van der Waals surface area contributed by atoms with Crippen LogP contribution in [0.1, 0.15) is 5.56 Å². The summed E-state index contributed by atoms with van der Waals surface area (Å²) in [6.45, 7) is 1.53. The minimum absolute atomic E-state index is 0.269. The van der Waals surface area contributed by atoms with Crippen LogP contribution in [0.25, 0.3) is 0 Å². The van der Waals surface area contributed by atoms with E-state index in [0.29, 0.717) is 11.7 Å². The molecule has 0 fully saturated rings. The number of benzene rings is 3. The lowest BCUT2D eigenvalue weighted by molar-refractivity contribution is 0.106. The minimum Gasteiger partial charge on any atom is -0.491 e. The van der Waals surface area contributed by atoms with Crippen LogP contribution in [0, 0.1) is 0 Å². The Balaban J connectivity index is 1.32. The van der Waals surface area contributed by atoms with E-state index in [9.17, 15) is 5.11 Å². The van der Waals surface area contributed by atoms with Gasteiger partial charge in [0, 0.05) is 22.4 Å². The summed E-state index contributed by atoms with van der Waals surface area (Å²) in [7, 11) is 0. The van der Waals surface area contributed by atoms with E-state index in [1.54, 1.807) is 0 Å². The lowest BCUT2D eigenvalue weighted by Crippen LogP contribution is -2.32. The van der Waals surface area contributed by atoms with Crippen LogP contribution in [-0.2, 0) is 6.42 Å². The van der Waals surface area contributed by atoms with Gasteiger partial charge in [0.2, 0.25) is 0 Å². The number of aliphatic hydroxyl groups is 1. The van der Waals surface area contributed by atoms with Gasteiger partial charge in [-0.05, 0) is 79.3 Å². The second-order valence-corrected chi connectivity index (χ2v) is 8.34. The SMILES string of the molecule is O[C@@H](CNCCc1ccc(NC(=S)Nc2ccc(Br)cc2)cc1)COc1ccccc1. The number of aliphatic hydroxyl groups excluding tert-OH is 1. The standard InChI is InChI=1S/C24H26BrN3O2S/c25-19-8-12-21(13-9-19)28-24(31)27-20-10-6-18(7-11-20)14-15-26-16-22(29)17-30-23-4-2-1-3-5-23/h1-13,22,26,29H,14-17H2,(H2,27,28,31)/t22-/m0/s1.